The molecule has 0 aliphatic rings. The first-order valence-electron chi connectivity index (χ1n) is 6.06. The predicted octanol–water partition coefficient (Wildman–Crippen LogP) is 1.87. The predicted molar refractivity (Wildman–Crippen MR) is 74.5 cm³/mol. The Morgan fingerprint density at radius 1 is 1.45 bits per heavy atom. The molecule has 0 atom stereocenters. The van der Waals surface area contributed by atoms with Gasteiger partial charge in [0.05, 0.1) is 13.2 Å². The SMILES string of the molecule is COCCn1cc(S(=O)(=O)Cl)cc1C(=O)OCC(C)C. The number of hydrogen-bond donors (Lipinski definition) is 0. The highest BCUT2D eigenvalue weighted by Gasteiger charge is 2.21. The zero-order chi connectivity index (χ0) is 15.3. The third kappa shape index (κ3) is 4.81. The van der Waals surface area contributed by atoms with E-state index in [9.17, 15) is 13.2 Å². The van der Waals surface area contributed by atoms with E-state index in [2.05, 4.69) is 0 Å². The summed E-state index contributed by atoms with van der Waals surface area (Å²) in [5.74, 6) is -0.390. The molecule has 0 radical (unpaired) electrons. The molecule has 0 N–H and O–H groups in total. The van der Waals surface area contributed by atoms with Crippen LogP contribution in [0.1, 0.15) is 24.3 Å². The number of halogens is 1. The molecule has 0 saturated heterocycles. The van der Waals surface area contributed by atoms with Gasteiger partial charge in [0.2, 0.25) is 0 Å². The molecule has 114 valence electrons. The van der Waals surface area contributed by atoms with Gasteiger partial charge in [-0.05, 0) is 12.0 Å². The van der Waals surface area contributed by atoms with Gasteiger partial charge in [0.25, 0.3) is 9.05 Å². The molecule has 20 heavy (non-hydrogen) atoms. The third-order valence-electron chi connectivity index (χ3n) is 2.45. The van der Waals surface area contributed by atoms with Crippen LogP contribution in [0.5, 0.6) is 0 Å². The highest BCUT2D eigenvalue weighted by atomic mass is 35.7. The molecule has 1 heterocycles. The molecule has 0 aliphatic carbocycles. The van der Waals surface area contributed by atoms with Crippen LogP contribution >= 0.6 is 10.7 Å². The maximum Gasteiger partial charge on any atom is 0.354 e. The van der Waals surface area contributed by atoms with Gasteiger partial charge in [-0.2, -0.15) is 0 Å². The number of carbonyl (C=O) groups is 1. The number of hydrogen-bond acceptors (Lipinski definition) is 5. The number of ether oxygens (including phenoxy) is 2. The quantitative estimate of drug-likeness (QED) is 0.565. The molecule has 0 spiro atoms. The molecule has 1 aromatic rings. The number of nitrogens with zero attached hydrogens (tertiary/aromatic N) is 1. The number of aromatic nitrogens is 1. The summed E-state index contributed by atoms with van der Waals surface area (Å²) in [5.41, 5.74) is 0.141. The second-order valence-corrected chi connectivity index (χ2v) is 7.24. The zero-order valence-electron chi connectivity index (χ0n) is 11.6. The lowest BCUT2D eigenvalue weighted by atomic mass is 10.2. The van der Waals surface area contributed by atoms with Crippen LogP contribution in [-0.2, 0) is 25.1 Å². The van der Waals surface area contributed by atoms with Crippen molar-refractivity contribution in [3.63, 3.8) is 0 Å². The van der Waals surface area contributed by atoms with Crippen molar-refractivity contribution in [2.75, 3.05) is 20.3 Å². The van der Waals surface area contributed by atoms with Crippen molar-refractivity contribution in [1.82, 2.24) is 4.57 Å². The fourth-order valence-electron chi connectivity index (χ4n) is 1.48. The maximum absolute atomic E-state index is 12.0. The monoisotopic (exact) mass is 323 g/mol. The van der Waals surface area contributed by atoms with Crippen molar-refractivity contribution >= 4 is 25.7 Å². The van der Waals surface area contributed by atoms with Gasteiger partial charge in [0.1, 0.15) is 10.6 Å². The first-order valence-corrected chi connectivity index (χ1v) is 8.37. The Hall–Kier alpha value is -1.05. The zero-order valence-corrected chi connectivity index (χ0v) is 13.2. The summed E-state index contributed by atoms with van der Waals surface area (Å²) in [6.45, 7) is 4.74. The first-order chi connectivity index (χ1) is 9.25. The molecule has 1 aromatic heterocycles. The summed E-state index contributed by atoms with van der Waals surface area (Å²) in [7, 11) is 2.91. The lowest BCUT2D eigenvalue weighted by Gasteiger charge is -2.09. The number of esters is 1. The van der Waals surface area contributed by atoms with E-state index in [1.165, 1.54) is 23.9 Å². The summed E-state index contributed by atoms with van der Waals surface area (Å²) in [5, 5.41) is 0. The Balaban J connectivity index is 3.02. The second-order valence-electron chi connectivity index (χ2n) is 4.68. The minimum Gasteiger partial charge on any atom is -0.461 e. The molecule has 0 aliphatic heterocycles. The van der Waals surface area contributed by atoms with E-state index in [1.54, 1.807) is 0 Å². The van der Waals surface area contributed by atoms with Crippen molar-refractivity contribution in [2.45, 2.75) is 25.3 Å². The van der Waals surface area contributed by atoms with Crippen LogP contribution in [0.15, 0.2) is 17.2 Å². The van der Waals surface area contributed by atoms with Crippen molar-refractivity contribution in [2.24, 2.45) is 5.92 Å². The lowest BCUT2D eigenvalue weighted by Crippen LogP contribution is -2.16. The third-order valence-corrected chi connectivity index (χ3v) is 3.77. The van der Waals surface area contributed by atoms with E-state index in [0.29, 0.717) is 13.2 Å². The number of carbonyl (C=O) groups excluding carboxylic acids is 1. The van der Waals surface area contributed by atoms with E-state index in [1.807, 2.05) is 13.8 Å². The largest absolute Gasteiger partial charge is 0.461 e. The minimum absolute atomic E-state index is 0.133. The average molecular weight is 324 g/mol. The highest BCUT2D eigenvalue weighted by Crippen LogP contribution is 2.19. The van der Waals surface area contributed by atoms with Crippen molar-refractivity contribution in [1.29, 1.82) is 0 Å². The Morgan fingerprint density at radius 3 is 2.60 bits per heavy atom. The van der Waals surface area contributed by atoms with Gasteiger partial charge in [-0.15, -0.1) is 0 Å². The van der Waals surface area contributed by atoms with Gasteiger partial charge in [0, 0.05) is 30.5 Å². The topological polar surface area (TPSA) is 74.6 Å². The smallest absolute Gasteiger partial charge is 0.354 e. The number of methoxy groups -OCH3 is 1. The second kappa shape index (κ2) is 7.10. The van der Waals surface area contributed by atoms with Crippen LogP contribution in [0, 0.1) is 5.92 Å². The Bertz CT molecular complexity index is 564. The minimum atomic E-state index is -3.89. The van der Waals surface area contributed by atoms with Crippen LogP contribution in [0.3, 0.4) is 0 Å². The summed E-state index contributed by atoms with van der Waals surface area (Å²) in [4.78, 5) is 11.8. The van der Waals surface area contributed by atoms with Crippen LogP contribution in [-0.4, -0.2) is 39.3 Å². The van der Waals surface area contributed by atoms with Gasteiger partial charge >= 0.3 is 5.97 Å². The summed E-state index contributed by atoms with van der Waals surface area (Å²) < 4.78 is 34.1. The molecule has 0 fully saturated rings. The maximum atomic E-state index is 12.0. The average Bonchev–Trinajstić information content (AvgIpc) is 2.77. The van der Waals surface area contributed by atoms with Crippen molar-refractivity contribution < 1.29 is 22.7 Å². The molecular formula is C12H18ClNO5S. The fourth-order valence-corrected chi connectivity index (χ4v) is 2.24. The number of rotatable bonds is 7. The van der Waals surface area contributed by atoms with E-state index < -0.39 is 15.0 Å². The summed E-state index contributed by atoms with van der Waals surface area (Å²) >= 11 is 0. The summed E-state index contributed by atoms with van der Waals surface area (Å²) in [6.07, 6.45) is 1.30. The van der Waals surface area contributed by atoms with Gasteiger partial charge in [-0.25, -0.2) is 13.2 Å². The standard InChI is InChI=1S/C12H18ClNO5S/c1-9(2)8-19-12(15)11-6-10(20(13,16)17)7-14(11)4-5-18-3/h6-7,9H,4-5,8H2,1-3H3. The molecule has 8 heteroatoms. The molecular weight excluding hydrogens is 306 g/mol. The van der Waals surface area contributed by atoms with Gasteiger partial charge in [-0.1, -0.05) is 13.8 Å². The Kier molecular flexibility index (Phi) is 6.04. The van der Waals surface area contributed by atoms with Crippen LogP contribution < -0.4 is 0 Å². The van der Waals surface area contributed by atoms with Gasteiger partial charge in [0.15, 0.2) is 0 Å². The van der Waals surface area contributed by atoms with E-state index in [-0.39, 0.29) is 23.1 Å². The van der Waals surface area contributed by atoms with E-state index >= 15 is 0 Å². The van der Waals surface area contributed by atoms with E-state index in [4.69, 9.17) is 20.2 Å². The van der Waals surface area contributed by atoms with Crippen LogP contribution in [0.4, 0.5) is 0 Å². The van der Waals surface area contributed by atoms with Crippen LogP contribution in [0.25, 0.3) is 0 Å². The Morgan fingerprint density at radius 2 is 2.10 bits per heavy atom. The molecule has 0 unspecified atom stereocenters. The fraction of sp³-hybridized carbons (Fsp3) is 0.583. The van der Waals surface area contributed by atoms with Crippen molar-refractivity contribution in [3.8, 4) is 0 Å². The normalized spacial score (nSPS) is 11.8. The summed E-state index contributed by atoms with van der Waals surface area (Å²) in [6, 6.07) is 1.21. The van der Waals surface area contributed by atoms with Gasteiger partial charge < -0.3 is 14.0 Å². The molecule has 1 rings (SSSR count). The first kappa shape index (κ1) is 17.0. The Labute approximate surface area is 123 Å². The highest BCUT2D eigenvalue weighted by molar-refractivity contribution is 8.13. The molecule has 0 saturated carbocycles. The lowest BCUT2D eigenvalue weighted by molar-refractivity contribution is 0.0444. The van der Waals surface area contributed by atoms with Gasteiger partial charge in [-0.3, -0.25) is 0 Å². The van der Waals surface area contributed by atoms with E-state index in [0.717, 1.165) is 0 Å². The van der Waals surface area contributed by atoms with Crippen molar-refractivity contribution in [3.05, 3.63) is 18.0 Å². The molecule has 0 amide bonds. The molecule has 0 aromatic carbocycles. The molecule has 0 bridgehead atoms. The van der Waals surface area contributed by atoms with Crippen LogP contribution in [0.2, 0.25) is 0 Å². The molecule has 6 nitrogen and oxygen atoms in total.